The van der Waals surface area contributed by atoms with Crippen LogP contribution in [-0.4, -0.2) is 5.75 Å². The van der Waals surface area contributed by atoms with Crippen LogP contribution in [-0.2, 0) is 6.42 Å². The number of nitrogens with two attached hydrogens (primary N) is 1. The number of halogens is 1. The van der Waals surface area contributed by atoms with Gasteiger partial charge in [-0.2, -0.15) is 0 Å². The van der Waals surface area contributed by atoms with Gasteiger partial charge in [-0.25, -0.2) is 0 Å². The van der Waals surface area contributed by atoms with Gasteiger partial charge in [0.25, 0.3) is 0 Å². The summed E-state index contributed by atoms with van der Waals surface area (Å²) in [6.07, 6.45) is 3.56. The van der Waals surface area contributed by atoms with E-state index in [0.717, 1.165) is 27.8 Å². The Hall–Kier alpha value is -1.12. The molecule has 0 aromatic heterocycles. The molecule has 2 rings (SSSR count). The van der Waals surface area contributed by atoms with Gasteiger partial charge < -0.3 is 5.73 Å². The van der Waals surface area contributed by atoms with Gasteiger partial charge in [0.05, 0.1) is 5.02 Å². The molecular formula is C16H18ClNS. The van der Waals surface area contributed by atoms with Gasteiger partial charge in [0.2, 0.25) is 0 Å². The van der Waals surface area contributed by atoms with Crippen LogP contribution in [0.5, 0.6) is 0 Å². The Balaban J connectivity index is 1.69. The molecule has 100 valence electrons. The largest absolute Gasteiger partial charge is 0.399 e. The standard InChI is InChI=1S/C16H18ClNS/c17-15-12-14(18)9-10-16(15)19-11-5-4-8-13-6-2-1-3-7-13/h1-3,6-7,9-10,12H,4-5,8,11,18H2. The Bertz CT molecular complexity index is 513. The molecule has 2 aromatic carbocycles. The van der Waals surface area contributed by atoms with E-state index in [-0.39, 0.29) is 0 Å². The van der Waals surface area contributed by atoms with Gasteiger partial charge in [-0.1, -0.05) is 41.9 Å². The molecule has 0 saturated heterocycles. The number of hydrogen-bond acceptors (Lipinski definition) is 2. The first-order valence-electron chi connectivity index (χ1n) is 6.47. The lowest BCUT2D eigenvalue weighted by Crippen LogP contribution is -1.88. The zero-order chi connectivity index (χ0) is 13.5. The maximum atomic E-state index is 6.14. The fourth-order valence-electron chi connectivity index (χ4n) is 1.89. The first kappa shape index (κ1) is 14.3. The third-order valence-electron chi connectivity index (χ3n) is 2.92. The molecule has 0 fully saturated rings. The summed E-state index contributed by atoms with van der Waals surface area (Å²) in [6.45, 7) is 0. The maximum absolute atomic E-state index is 6.14. The Labute approximate surface area is 124 Å². The predicted molar refractivity (Wildman–Crippen MR) is 86.0 cm³/mol. The minimum atomic E-state index is 0.721. The molecule has 0 saturated carbocycles. The van der Waals surface area contributed by atoms with Gasteiger partial charge in [0, 0.05) is 10.6 Å². The van der Waals surface area contributed by atoms with E-state index in [1.165, 1.54) is 18.4 Å². The van der Waals surface area contributed by atoms with E-state index in [2.05, 4.69) is 30.3 Å². The molecule has 0 aliphatic rings. The molecule has 0 unspecified atom stereocenters. The number of anilines is 1. The molecule has 0 radical (unpaired) electrons. The van der Waals surface area contributed by atoms with Crippen LogP contribution < -0.4 is 5.73 Å². The van der Waals surface area contributed by atoms with E-state index in [1.54, 1.807) is 11.8 Å². The van der Waals surface area contributed by atoms with Crippen molar-refractivity contribution in [3.8, 4) is 0 Å². The van der Waals surface area contributed by atoms with Crippen LogP contribution in [0.3, 0.4) is 0 Å². The second-order valence-corrected chi connectivity index (χ2v) is 6.02. The molecular weight excluding hydrogens is 274 g/mol. The first-order valence-corrected chi connectivity index (χ1v) is 7.84. The van der Waals surface area contributed by atoms with Crippen LogP contribution >= 0.6 is 23.4 Å². The number of nitrogen functional groups attached to an aromatic ring is 1. The van der Waals surface area contributed by atoms with Crippen LogP contribution in [0.2, 0.25) is 5.02 Å². The van der Waals surface area contributed by atoms with Gasteiger partial charge in [-0.15, -0.1) is 11.8 Å². The van der Waals surface area contributed by atoms with Crippen molar-refractivity contribution in [2.45, 2.75) is 24.2 Å². The molecule has 0 bridgehead atoms. The molecule has 0 amide bonds. The molecule has 2 aromatic rings. The number of benzene rings is 2. The minimum absolute atomic E-state index is 0.721. The highest BCUT2D eigenvalue weighted by molar-refractivity contribution is 7.99. The summed E-state index contributed by atoms with van der Waals surface area (Å²) in [7, 11) is 0. The fourth-order valence-corrected chi connectivity index (χ4v) is 3.17. The number of hydrogen-bond donors (Lipinski definition) is 1. The first-order chi connectivity index (χ1) is 9.25. The van der Waals surface area contributed by atoms with Crippen molar-refractivity contribution in [2.24, 2.45) is 0 Å². The topological polar surface area (TPSA) is 26.0 Å². The molecule has 0 aliphatic heterocycles. The quantitative estimate of drug-likeness (QED) is 0.458. The average molecular weight is 292 g/mol. The van der Waals surface area contributed by atoms with Gasteiger partial charge in [-0.05, 0) is 48.8 Å². The van der Waals surface area contributed by atoms with Crippen molar-refractivity contribution < 1.29 is 0 Å². The van der Waals surface area contributed by atoms with Gasteiger partial charge in [0.15, 0.2) is 0 Å². The molecule has 0 heterocycles. The second-order valence-electron chi connectivity index (χ2n) is 4.48. The van der Waals surface area contributed by atoms with Crippen LogP contribution in [0.25, 0.3) is 0 Å². The van der Waals surface area contributed by atoms with Crippen molar-refractivity contribution in [3.63, 3.8) is 0 Å². The summed E-state index contributed by atoms with van der Waals surface area (Å²) < 4.78 is 0. The van der Waals surface area contributed by atoms with Crippen LogP contribution in [0, 0.1) is 0 Å². The molecule has 0 aliphatic carbocycles. The summed E-state index contributed by atoms with van der Waals surface area (Å²) in [4.78, 5) is 1.12. The Morgan fingerprint density at radius 2 is 1.79 bits per heavy atom. The lowest BCUT2D eigenvalue weighted by Gasteiger charge is -2.05. The summed E-state index contributed by atoms with van der Waals surface area (Å²) in [5, 5.41) is 0.757. The van der Waals surface area contributed by atoms with Gasteiger partial charge in [-0.3, -0.25) is 0 Å². The Kier molecular flexibility index (Phi) is 5.62. The van der Waals surface area contributed by atoms with Crippen LogP contribution in [0.15, 0.2) is 53.4 Å². The fraction of sp³-hybridized carbons (Fsp3) is 0.250. The number of unbranched alkanes of at least 4 members (excludes halogenated alkanes) is 1. The Morgan fingerprint density at radius 1 is 1.00 bits per heavy atom. The van der Waals surface area contributed by atoms with E-state index in [4.69, 9.17) is 17.3 Å². The average Bonchev–Trinajstić information content (AvgIpc) is 2.42. The van der Waals surface area contributed by atoms with Crippen LogP contribution in [0.1, 0.15) is 18.4 Å². The summed E-state index contributed by atoms with van der Waals surface area (Å²) in [5.41, 5.74) is 7.81. The Morgan fingerprint density at radius 3 is 2.53 bits per heavy atom. The van der Waals surface area contributed by atoms with Crippen molar-refractivity contribution in [1.29, 1.82) is 0 Å². The lowest BCUT2D eigenvalue weighted by atomic mass is 10.1. The molecule has 19 heavy (non-hydrogen) atoms. The van der Waals surface area contributed by atoms with E-state index in [1.807, 2.05) is 18.2 Å². The number of rotatable bonds is 6. The molecule has 3 heteroatoms. The highest BCUT2D eigenvalue weighted by Gasteiger charge is 2.01. The summed E-state index contributed by atoms with van der Waals surface area (Å²) in [5.74, 6) is 1.09. The number of aryl methyl sites for hydroxylation is 1. The summed E-state index contributed by atoms with van der Waals surface area (Å²) >= 11 is 7.94. The normalized spacial score (nSPS) is 10.6. The second kappa shape index (κ2) is 7.46. The molecule has 0 spiro atoms. The van der Waals surface area contributed by atoms with Crippen molar-refractivity contribution >= 4 is 29.1 Å². The third-order valence-corrected chi connectivity index (χ3v) is 4.50. The van der Waals surface area contributed by atoms with E-state index >= 15 is 0 Å². The SMILES string of the molecule is Nc1ccc(SCCCCc2ccccc2)c(Cl)c1. The van der Waals surface area contributed by atoms with Gasteiger partial charge >= 0.3 is 0 Å². The van der Waals surface area contributed by atoms with E-state index < -0.39 is 0 Å². The lowest BCUT2D eigenvalue weighted by molar-refractivity contribution is 0.802. The molecule has 0 atom stereocenters. The van der Waals surface area contributed by atoms with Crippen molar-refractivity contribution in [3.05, 3.63) is 59.1 Å². The maximum Gasteiger partial charge on any atom is 0.0562 e. The predicted octanol–water partition coefficient (Wildman–Crippen LogP) is 5.04. The number of thioether (sulfide) groups is 1. The zero-order valence-corrected chi connectivity index (χ0v) is 12.4. The van der Waals surface area contributed by atoms with E-state index in [9.17, 15) is 0 Å². The zero-order valence-electron chi connectivity index (χ0n) is 10.8. The smallest absolute Gasteiger partial charge is 0.0562 e. The van der Waals surface area contributed by atoms with Gasteiger partial charge in [0.1, 0.15) is 0 Å². The molecule has 1 nitrogen and oxygen atoms in total. The highest BCUT2D eigenvalue weighted by atomic mass is 35.5. The van der Waals surface area contributed by atoms with Crippen molar-refractivity contribution in [1.82, 2.24) is 0 Å². The van der Waals surface area contributed by atoms with E-state index in [0.29, 0.717) is 0 Å². The molecule has 2 N–H and O–H groups in total. The van der Waals surface area contributed by atoms with Crippen LogP contribution in [0.4, 0.5) is 5.69 Å². The monoisotopic (exact) mass is 291 g/mol. The highest BCUT2D eigenvalue weighted by Crippen LogP contribution is 2.29. The third kappa shape index (κ3) is 4.81. The van der Waals surface area contributed by atoms with Crippen molar-refractivity contribution in [2.75, 3.05) is 11.5 Å². The minimum Gasteiger partial charge on any atom is -0.399 e. The summed E-state index contributed by atoms with van der Waals surface area (Å²) in [6, 6.07) is 16.3.